The van der Waals surface area contributed by atoms with Gasteiger partial charge in [0.2, 0.25) is 0 Å². The quantitative estimate of drug-likeness (QED) is 0.750. The molecule has 0 fully saturated rings. The summed E-state index contributed by atoms with van der Waals surface area (Å²) < 4.78 is 9.07. The number of allylic oxidation sites excluding steroid dienone is 1. The average molecular weight is 289 g/mol. The van der Waals surface area contributed by atoms with Gasteiger partial charge >= 0.3 is 0 Å². The summed E-state index contributed by atoms with van der Waals surface area (Å²) >= 11 is 0. The van der Waals surface area contributed by atoms with Gasteiger partial charge in [-0.3, -0.25) is 9.36 Å². The lowest BCUT2D eigenvalue weighted by molar-refractivity contribution is 0.163. The zero-order chi connectivity index (χ0) is 15.2. The fourth-order valence-electron chi connectivity index (χ4n) is 2.33. The summed E-state index contributed by atoms with van der Waals surface area (Å²) in [6.07, 6.45) is 5.69. The molecule has 0 amide bonds. The molecule has 2 rings (SSSR count). The van der Waals surface area contributed by atoms with Gasteiger partial charge in [0.25, 0.3) is 0 Å². The van der Waals surface area contributed by atoms with Crippen molar-refractivity contribution in [3.05, 3.63) is 48.1 Å². The fourth-order valence-corrected chi connectivity index (χ4v) is 2.33. The molecule has 1 N–H and O–H groups in total. The van der Waals surface area contributed by atoms with E-state index in [9.17, 15) is 0 Å². The number of hydrogen-bond acceptors (Lipinski definition) is 4. The van der Waals surface area contributed by atoms with Crippen molar-refractivity contribution >= 4 is 0 Å². The minimum Gasteiger partial charge on any atom is -0.383 e. The van der Waals surface area contributed by atoms with Gasteiger partial charge < -0.3 is 10.1 Å². The first-order chi connectivity index (χ1) is 10.2. The van der Waals surface area contributed by atoms with E-state index in [1.807, 2.05) is 35.5 Å². The van der Waals surface area contributed by atoms with Crippen molar-refractivity contribution in [2.45, 2.75) is 26.1 Å². The molecule has 0 saturated carbocycles. The summed E-state index contributed by atoms with van der Waals surface area (Å²) in [5.41, 5.74) is 3.32. The second-order valence-electron chi connectivity index (χ2n) is 5.02. The molecule has 0 aromatic carbocycles. The van der Waals surface area contributed by atoms with Crippen LogP contribution >= 0.6 is 0 Å². The standard InChI is InChI=1S/C15H23N5O/c1-5-8-20-10-13(12(2)18-20)9-16-14(11-21-4)15-6-7-17-19(15)3/h5-7,10,14,16H,1,8-9,11H2,2-4H3. The van der Waals surface area contributed by atoms with Crippen molar-refractivity contribution in [1.82, 2.24) is 24.9 Å². The number of rotatable bonds is 8. The maximum Gasteiger partial charge on any atom is 0.0731 e. The smallest absolute Gasteiger partial charge is 0.0731 e. The fraction of sp³-hybridized carbons (Fsp3) is 0.467. The minimum atomic E-state index is 0.102. The number of aryl methyl sites for hydroxylation is 2. The SMILES string of the molecule is C=CCn1cc(CNC(COC)c2ccnn2C)c(C)n1. The molecule has 2 heterocycles. The number of aromatic nitrogens is 4. The highest BCUT2D eigenvalue weighted by Gasteiger charge is 2.15. The highest BCUT2D eigenvalue weighted by Crippen LogP contribution is 2.14. The second-order valence-corrected chi connectivity index (χ2v) is 5.02. The van der Waals surface area contributed by atoms with Crippen LogP contribution < -0.4 is 5.32 Å². The van der Waals surface area contributed by atoms with Crippen LogP contribution in [0.1, 0.15) is 23.0 Å². The Morgan fingerprint density at radius 3 is 2.95 bits per heavy atom. The van der Waals surface area contributed by atoms with Gasteiger partial charge in [-0.1, -0.05) is 6.08 Å². The van der Waals surface area contributed by atoms with Crippen molar-refractivity contribution in [2.75, 3.05) is 13.7 Å². The lowest BCUT2D eigenvalue weighted by Crippen LogP contribution is -2.27. The number of ether oxygens (including phenoxy) is 1. The van der Waals surface area contributed by atoms with Crippen LogP contribution in [0.25, 0.3) is 0 Å². The molecule has 21 heavy (non-hydrogen) atoms. The van der Waals surface area contributed by atoms with Crippen molar-refractivity contribution in [3.8, 4) is 0 Å². The Morgan fingerprint density at radius 2 is 2.33 bits per heavy atom. The Morgan fingerprint density at radius 1 is 1.52 bits per heavy atom. The molecule has 0 bridgehead atoms. The van der Waals surface area contributed by atoms with E-state index in [0.717, 1.165) is 24.5 Å². The normalized spacial score (nSPS) is 12.5. The van der Waals surface area contributed by atoms with Crippen LogP contribution in [-0.2, 0) is 24.9 Å². The predicted molar refractivity (Wildman–Crippen MR) is 81.8 cm³/mol. The molecular formula is C15H23N5O. The highest BCUT2D eigenvalue weighted by atomic mass is 16.5. The van der Waals surface area contributed by atoms with Gasteiger partial charge in [0.05, 0.1) is 30.6 Å². The molecule has 2 aromatic heterocycles. The number of nitrogens with one attached hydrogen (secondary N) is 1. The lowest BCUT2D eigenvalue weighted by Gasteiger charge is -2.18. The molecule has 1 unspecified atom stereocenters. The molecular weight excluding hydrogens is 266 g/mol. The number of methoxy groups -OCH3 is 1. The van der Waals surface area contributed by atoms with Crippen LogP contribution in [0.3, 0.4) is 0 Å². The third-order valence-corrected chi connectivity index (χ3v) is 3.45. The molecule has 0 aliphatic rings. The van der Waals surface area contributed by atoms with Crippen LogP contribution in [0.2, 0.25) is 0 Å². The molecule has 0 aliphatic heterocycles. The van der Waals surface area contributed by atoms with Gasteiger partial charge in [-0.25, -0.2) is 0 Å². The van der Waals surface area contributed by atoms with E-state index < -0.39 is 0 Å². The van der Waals surface area contributed by atoms with E-state index in [-0.39, 0.29) is 6.04 Å². The van der Waals surface area contributed by atoms with Gasteiger partial charge in [-0.15, -0.1) is 6.58 Å². The van der Waals surface area contributed by atoms with E-state index >= 15 is 0 Å². The van der Waals surface area contributed by atoms with Crippen LogP contribution in [0.15, 0.2) is 31.1 Å². The highest BCUT2D eigenvalue weighted by molar-refractivity contribution is 5.16. The Kier molecular flexibility index (Phi) is 5.30. The van der Waals surface area contributed by atoms with Gasteiger partial charge in [-0.2, -0.15) is 10.2 Å². The minimum absolute atomic E-state index is 0.102. The molecule has 0 radical (unpaired) electrons. The summed E-state index contributed by atoms with van der Waals surface area (Å²) in [5.74, 6) is 0. The van der Waals surface area contributed by atoms with Gasteiger partial charge in [0, 0.05) is 38.7 Å². The van der Waals surface area contributed by atoms with Crippen LogP contribution in [0, 0.1) is 6.92 Å². The average Bonchev–Trinajstić information content (AvgIpc) is 3.02. The van der Waals surface area contributed by atoms with E-state index in [2.05, 4.69) is 28.3 Å². The Balaban J connectivity index is 2.05. The van der Waals surface area contributed by atoms with Crippen molar-refractivity contribution < 1.29 is 4.74 Å². The summed E-state index contributed by atoms with van der Waals surface area (Å²) in [7, 11) is 3.64. The predicted octanol–water partition coefficient (Wildman–Crippen LogP) is 1.59. The summed E-state index contributed by atoms with van der Waals surface area (Å²) in [6, 6.07) is 2.11. The van der Waals surface area contributed by atoms with Crippen LogP contribution in [0.4, 0.5) is 0 Å². The van der Waals surface area contributed by atoms with Gasteiger partial charge in [0.15, 0.2) is 0 Å². The molecule has 6 heteroatoms. The monoisotopic (exact) mass is 289 g/mol. The summed E-state index contributed by atoms with van der Waals surface area (Å²) in [4.78, 5) is 0. The number of nitrogens with zero attached hydrogens (tertiary/aromatic N) is 4. The zero-order valence-corrected chi connectivity index (χ0v) is 12.9. The summed E-state index contributed by atoms with van der Waals surface area (Å²) in [6.45, 7) is 7.82. The van der Waals surface area contributed by atoms with Crippen molar-refractivity contribution in [2.24, 2.45) is 7.05 Å². The maximum atomic E-state index is 5.31. The first-order valence-electron chi connectivity index (χ1n) is 6.99. The zero-order valence-electron chi connectivity index (χ0n) is 12.9. The van der Waals surface area contributed by atoms with E-state index in [1.165, 1.54) is 5.56 Å². The summed E-state index contributed by atoms with van der Waals surface area (Å²) in [5, 5.41) is 12.2. The molecule has 0 saturated heterocycles. The third-order valence-electron chi connectivity index (χ3n) is 3.45. The first kappa shape index (κ1) is 15.5. The van der Waals surface area contributed by atoms with Gasteiger partial charge in [0.1, 0.15) is 0 Å². The van der Waals surface area contributed by atoms with Crippen LogP contribution in [-0.4, -0.2) is 33.3 Å². The molecule has 2 aromatic rings. The van der Waals surface area contributed by atoms with E-state index in [1.54, 1.807) is 13.3 Å². The largest absolute Gasteiger partial charge is 0.383 e. The van der Waals surface area contributed by atoms with E-state index in [4.69, 9.17) is 4.74 Å². The van der Waals surface area contributed by atoms with E-state index in [0.29, 0.717) is 6.61 Å². The molecule has 0 spiro atoms. The first-order valence-corrected chi connectivity index (χ1v) is 6.99. The molecule has 0 aliphatic carbocycles. The van der Waals surface area contributed by atoms with Gasteiger partial charge in [-0.05, 0) is 13.0 Å². The molecule has 114 valence electrons. The Bertz CT molecular complexity index is 587. The van der Waals surface area contributed by atoms with Crippen molar-refractivity contribution in [3.63, 3.8) is 0 Å². The number of hydrogen-bond donors (Lipinski definition) is 1. The Hall–Kier alpha value is -1.92. The molecule has 6 nitrogen and oxygen atoms in total. The second kappa shape index (κ2) is 7.19. The maximum absolute atomic E-state index is 5.31. The lowest BCUT2D eigenvalue weighted by atomic mass is 10.2. The molecule has 1 atom stereocenters. The topological polar surface area (TPSA) is 56.9 Å². The van der Waals surface area contributed by atoms with Crippen LogP contribution in [0.5, 0.6) is 0 Å². The Labute approximate surface area is 125 Å². The third kappa shape index (κ3) is 3.80. The van der Waals surface area contributed by atoms with Crippen molar-refractivity contribution in [1.29, 1.82) is 0 Å².